The van der Waals surface area contributed by atoms with E-state index in [0.717, 1.165) is 0 Å². The molecule has 0 bridgehead atoms. The Morgan fingerprint density at radius 2 is 1.82 bits per heavy atom. The van der Waals surface area contributed by atoms with E-state index in [1.54, 1.807) is 6.92 Å². The summed E-state index contributed by atoms with van der Waals surface area (Å²) in [5, 5.41) is 24.6. The van der Waals surface area contributed by atoms with Gasteiger partial charge in [0.1, 0.15) is 0 Å². The molecule has 1 aromatic carbocycles. The normalized spacial score (nSPS) is 11.5. The Labute approximate surface area is 127 Å². The van der Waals surface area contributed by atoms with Crippen molar-refractivity contribution < 1.29 is 14.8 Å². The highest BCUT2D eigenvalue weighted by Gasteiger charge is 2.28. The molecule has 1 N–H and O–H groups in total. The molecule has 0 spiro atoms. The Kier molecular flexibility index (Phi) is 3.74. The monoisotopic (exact) mass is 303 g/mol. The maximum atomic E-state index is 11.6. The molecule has 0 aliphatic rings. The second kappa shape index (κ2) is 5.25. The number of nitrogens with zero attached hydrogens (tertiary/aromatic N) is 3. The fraction of sp³-hybridized carbons (Fsp3) is 0.333. The molecular weight excluding hydrogens is 286 g/mol. The summed E-state index contributed by atoms with van der Waals surface area (Å²) in [6.07, 6.45) is 0. The first-order valence-electron chi connectivity index (χ1n) is 6.71. The lowest BCUT2D eigenvalue weighted by atomic mass is 9.89. The Morgan fingerprint density at radius 1 is 1.27 bits per heavy atom. The van der Waals surface area contributed by atoms with Crippen LogP contribution in [-0.2, 0) is 5.41 Å². The van der Waals surface area contributed by atoms with Crippen molar-refractivity contribution in [3.63, 3.8) is 0 Å². The highest BCUT2D eigenvalue weighted by Crippen LogP contribution is 2.28. The van der Waals surface area contributed by atoms with Gasteiger partial charge in [0.2, 0.25) is 0 Å². The van der Waals surface area contributed by atoms with E-state index < -0.39 is 10.9 Å². The molecule has 2 aromatic rings. The summed E-state index contributed by atoms with van der Waals surface area (Å²) < 4.78 is 1.32. The SMILES string of the molecule is Cc1c(C(C)(C)C)nn(-c2ccc([N+](=O)[O-])cc2)c1C(=O)O. The molecule has 1 heterocycles. The molecule has 0 aliphatic carbocycles. The predicted octanol–water partition coefficient (Wildman–Crippen LogP) is 3.08. The maximum Gasteiger partial charge on any atom is 0.354 e. The largest absolute Gasteiger partial charge is 0.477 e. The van der Waals surface area contributed by atoms with Gasteiger partial charge in [-0.05, 0) is 19.1 Å². The van der Waals surface area contributed by atoms with Crippen molar-refractivity contribution in [3.05, 3.63) is 51.3 Å². The molecule has 2 rings (SSSR count). The number of aromatic carboxylic acids is 1. The van der Waals surface area contributed by atoms with E-state index in [1.165, 1.54) is 28.9 Å². The van der Waals surface area contributed by atoms with Crippen LogP contribution in [0.4, 0.5) is 5.69 Å². The lowest BCUT2D eigenvalue weighted by Crippen LogP contribution is -2.14. The van der Waals surface area contributed by atoms with Crippen molar-refractivity contribution in [1.82, 2.24) is 9.78 Å². The molecule has 1 aromatic heterocycles. The fourth-order valence-electron chi connectivity index (χ4n) is 2.36. The Hall–Kier alpha value is -2.70. The van der Waals surface area contributed by atoms with Gasteiger partial charge in [-0.2, -0.15) is 5.10 Å². The molecule has 0 saturated heterocycles. The van der Waals surface area contributed by atoms with Crippen LogP contribution < -0.4 is 0 Å². The van der Waals surface area contributed by atoms with Crippen LogP contribution in [0.1, 0.15) is 42.5 Å². The third kappa shape index (κ3) is 2.69. The first-order valence-corrected chi connectivity index (χ1v) is 6.71. The molecule has 0 amide bonds. The second-order valence-electron chi connectivity index (χ2n) is 6.06. The Bertz CT molecular complexity index is 739. The van der Waals surface area contributed by atoms with Crippen LogP contribution in [0.15, 0.2) is 24.3 Å². The summed E-state index contributed by atoms with van der Waals surface area (Å²) in [7, 11) is 0. The first kappa shape index (κ1) is 15.7. The third-order valence-corrected chi connectivity index (χ3v) is 3.34. The van der Waals surface area contributed by atoms with Gasteiger partial charge < -0.3 is 5.11 Å². The number of nitro benzene ring substituents is 1. The third-order valence-electron chi connectivity index (χ3n) is 3.34. The van der Waals surface area contributed by atoms with Crippen LogP contribution in [0.25, 0.3) is 5.69 Å². The number of benzene rings is 1. The highest BCUT2D eigenvalue weighted by molar-refractivity contribution is 5.88. The number of carboxylic acid groups (broad SMARTS) is 1. The van der Waals surface area contributed by atoms with Gasteiger partial charge in [0.15, 0.2) is 5.69 Å². The lowest BCUT2D eigenvalue weighted by molar-refractivity contribution is -0.384. The number of non-ortho nitro benzene ring substituents is 1. The van der Waals surface area contributed by atoms with Crippen LogP contribution in [0.5, 0.6) is 0 Å². The summed E-state index contributed by atoms with van der Waals surface area (Å²) in [6.45, 7) is 7.58. The molecule has 0 atom stereocenters. The maximum absolute atomic E-state index is 11.6. The number of aromatic nitrogens is 2. The zero-order valence-corrected chi connectivity index (χ0v) is 12.8. The number of hydrogen-bond donors (Lipinski definition) is 1. The van der Waals surface area contributed by atoms with Crippen molar-refractivity contribution in [2.75, 3.05) is 0 Å². The standard InChI is InChI=1S/C15H17N3O4/c1-9-12(14(19)20)17(16-13(9)15(2,3)4)10-5-7-11(8-6-10)18(21)22/h5-8H,1-4H3,(H,19,20). The van der Waals surface area contributed by atoms with Crippen molar-refractivity contribution in [2.45, 2.75) is 33.1 Å². The van der Waals surface area contributed by atoms with Crippen LogP contribution in [0, 0.1) is 17.0 Å². The van der Waals surface area contributed by atoms with Gasteiger partial charge in [0.05, 0.1) is 16.3 Å². The summed E-state index contributed by atoms with van der Waals surface area (Å²) in [6, 6.07) is 5.64. The predicted molar refractivity (Wildman–Crippen MR) is 80.6 cm³/mol. The summed E-state index contributed by atoms with van der Waals surface area (Å²) in [4.78, 5) is 21.8. The van der Waals surface area contributed by atoms with E-state index >= 15 is 0 Å². The van der Waals surface area contributed by atoms with Crippen molar-refractivity contribution in [1.29, 1.82) is 0 Å². The van der Waals surface area contributed by atoms with E-state index in [1.807, 2.05) is 20.8 Å². The van der Waals surface area contributed by atoms with Gasteiger partial charge in [-0.1, -0.05) is 20.8 Å². The van der Waals surface area contributed by atoms with Gasteiger partial charge in [-0.3, -0.25) is 10.1 Å². The first-order chi connectivity index (χ1) is 10.1. The highest BCUT2D eigenvalue weighted by atomic mass is 16.6. The molecule has 22 heavy (non-hydrogen) atoms. The zero-order valence-electron chi connectivity index (χ0n) is 12.8. The molecule has 0 saturated carbocycles. The van der Waals surface area contributed by atoms with E-state index in [0.29, 0.717) is 16.9 Å². The molecular formula is C15H17N3O4. The van der Waals surface area contributed by atoms with Gasteiger partial charge >= 0.3 is 5.97 Å². The molecule has 0 radical (unpaired) electrons. The van der Waals surface area contributed by atoms with Gasteiger partial charge in [0.25, 0.3) is 5.69 Å². The lowest BCUT2D eigenvalue weighted by Gasteiger charge is -2.16. The number of carboxylic acids is 1. The van der Waals surface area contributed by atoms with Crippen LogP contribution in [0.2, 0.25) is 0 Å². The molecule has 0 fully saturated rings. The quantitative estimate of drug-likeness (QED) is 0.694. The van der Waals surface area contributed by atoms with E-state index in [2.05, 4.69) is 5.10 Å². The minimum absolute atomic E-state index is 0.0550. The van der Waals surface area contributed by atoms with Crippen LogP contribution in [0.3, 0.4) is 0 Å². The topological polar surface area (TPSA) is 98.3 Å². The Balaban J connectivity index is 2.64. The molecule has 116 valence electrons. The average Bonchev–Trinajstić information content (AvgIpc) is 2.76. The number of nitro groups is 1. The van der Waals surface area contributed by atoms with Gasteiger partial charge in [0, 0.05) is 23.1 Å². The second-order valence-corrected chi connectivity index (χ2v) is 6.06. The molecule has 7 nitrogen and oxygen atoms in total. The molecule has 7 heteroatoms. The van der Waals surface area contributed by atoms with Gasteiger partial charge in [-0.15, -0.1) is 0 Å². The number of carbonyl (C=O) groups is 1. The number of hydrogen-bond acceptors (Lipinski definition) is 4. The van der Waals surface area contributed by atoms with Crippen molar-refractivity contribution >= 4 is 11.7 Å². The fourth-order valence-corrected chi connectivity index (χ4v) is 2.36. The molecule has 0 unspecified atom stereocenters. The average molecular weight is 303 g/mol. The summed E-state index contributed by atoms with van der Waals surface area (Å²) in [5.41, 5.74) is 1.46. The van der Waals surface area contributed by atoms with Crippen LogP contribution >= 0.6 is 0 Å². The summed E-state index contributed by atoms with van der Waals surface area (Å²) >= 11 is 0. The van der Waals surface area contributed by atoms with E-state index in [-0.39, 0.29) is 16.8 Å². The smallest absolute Gasteiger partial charge is 0.354 e. The van der Waals surface area contributed by atoms with Crippen molar-refractivity contribution in [2.24, 2.45) is 0 Å². The molecule has 0 aliphatic heterocycles. The minimum Gasteiger partial charge on any atom is -0.477 e. The van der Waals surface area contributed by atoms with E-state index in [9.17, 15) is 20.0 Å². The Morgan fingerprint density at radius 3 is 2.23 bits per heavy atom. The van der Waals surface area contributed by atoms with E-state index in [4.69, 9.17) is 0 Å². The number of rotatable bonds is 3. The van der Waals surface area contributed by atoms with Crippen LogP contribution in [-0.4, -0.2) is 25.8 Å². The zero-order chi connectivity index (χ0) is 16.7. The van der Waals surface area contributed by atoms with Gasteiger partial charge in [-0.25, -0.2) is 9.48 Å². The minimum atomic E-state index is -1.08. The summed E-state index contributed by atoms with van der Waals surface area (Å²) in [5.74, 6) is -1.08. The van der Waals surface area contributed by atoms with Crippen molar-refractivity contribution in [3.8, 4) is 5.69 Å².